The Bertz CT molecular complexity index is 1680. The zero-order valence-electron chi connectivity index (χ0n) is 14.9. The van der Waals surface area contributed by atoms with E-state index in [1.807, 2.05) is 0 Å². The largest absolute Gasteiger partial charge is 0.247 e. The third kappa shape index (κ3) is 1.46. The SMILES string of the molecule is Cc1cc2c3ccccc3n3c2c(c1)c1cccc2c4ccccc4n3c21. The molecule has 0 atom stereocenters. The van der Waals surface area contributed by atoms with Crippen LogP contribution in [-0.2, 0) is 0 Å². The lowest BCUT2D eigenvalue weighted by Crippen LogP contribution is -2.01. The zero-order valence-corrected chi connectivity index (χ0v) is 14.9. The van der Waals surface area contributed by atoms with E-state index in [0.717, 1.165) is 0 Å². The van der Waals surface area contributed by atoms with Crippen molar-refractivity contribution >= 4 is 54.4 Å². The van der Waals surface area contributed by atoms with Gasteiger partial charge in [0.15, 0.2) is 0 Å². The van der Waals surface area contributed by atoms with Gasteiger partial charge in [-0.25, -0.2) is 9.03 Å². The highest BCUT2D eigenvalue weighted by Crippen LogP contribution is 2.40. The molecule has 7 aromatic rings. The molecule has 0 amide bonds. The molecule has 3 aromatic heterocycles. The second-order valence-corrected chi connectivity index (χ2v) is 7.57. The van der Waals surface area contributed by atoms with Gasteiger partial charge in [-0.05, 0) is 36.8 Å². The van der Waals surface area contributed by atoms with E-state index in [1.165, 1.54) is 59.9 Å². The summed E-state index contributed by atoms with van der Waals surface area (Å²) in [6.45, 7) is 2.20. The van der Waals surface area contributed by atoms with Gasteiger partial charge in [0.1, 0.15) is 0 Å². The average Bonchev–Trinajstić information content (AvgIpc) is 3.21. The van der Waals surface area contributed by atoms with Gasteiger partial charge >= 0.3 is 0 Å². The monoisotopic (exact) mass is 344 g/mol. The van der Waals surface area contributed by atoms with Crippen molar-refractivity contribution in [3.8, 4) is 0 Å². The minimum atomic E-state index is 1.26. The first-order chi connectivity index (χ1) is 13.3. The van der Waals surface area contributed by atoms with Crippen molar-refractivity contribution in [1.29, 1.82) is 0 Å². The van der Waals surface area contributed by atoms with E-state index in [2.05, 4.69) is 94.8 Å². The van der Waals surface area contributed by atoms with E-state index in [-0.39, 0.29) is 0 Å². The first-order valence-corrected chi connectivity index (χ1v) is 9.40. The Morgan fingerprint density at radius 3 is 1.59 bits per heavy atom. The standard InChI is InChI=1S/C25H16N2/c1-15-13-20-17-8-3-5-12-23(17)27-25(20)21(14-15)19-10-6-9-18-16-7-2-4-11-22(16)26(27)24(18)19/h2-14H,1H3. The Hall–Kier alpha value is -3.52. The Morgan fingerprint density at radius 1 is 0.481 bits per heavy atom. The molecule has 2 nitrogen and oxygen atoms in total. The maximum atomic E-state index is 2.43. The molecule has 0 radical (unpaired) electrons. The van der Waals surface area contributed by atoms with Crippen LogP contribution in [0.1, 0.15) is 5.56 Å². The average molecular weight is 344 g/mol. The van der Waals surface area contributed by atoms with Gasteiger partial charge in [-0.1, -0.05) is 54.6 Å². The third-order valence-electron chi connectivity index (χ3n) is 6.05. The van der Waals surface area contributed by atoms with Crippen LogP contribution in [-0.4, -0.2) is 9.03 Å². The van der Waals surface area contributed by atoms with Gasteiger partial charge in [-0.3, -0.25) is 0 Å². The van der Waals surface area contributed by atoms with Gasteiger partial charge < -0.3 is 0 Å². The molecule has 0 bridgehead atoms. The van der Waals surface area contributed by atoms with Crippen LogP contribution in [0.5, 0.6) is 0 Å². The molecular formula is C25H16N2. The fourth-order valence-corrected chi connectivity index (χ4v) is 5.05. The molecular weight excluding hydrogens is 328 g/mol. The minimum Gasteiger partial charge on any atom is -0.247 e. The van der Waals surface area contributed by atoms with Crippen LogP contribution in [0.4, 0.5) is 0 Å². The lowest BCUT2D eigenvalue weighted by molar-refractivity contribution is 0.932. The van der Waals surface area contributed by atoms with E-state index in [1.54, 1.807) is 0 Å². The second kappa shape index (κ2) is 4.41. The van der Waals surface area contributed by atoms with Crippen molar-refractivity contribution in [1.82, 2.24) is 9.03 Å². The van der Waals surface area contributed by atoms with E-state index in [0.29, 0.717) is 0 Å². The van der Waals surface area contributed by atoms with Gasteiger partial charge in [0, 0.05) is 32.3 Å². The van der Waals surface area contributed by atoms with Crippen molar-refractivity contribution in [3.05, 3.63) is 84.4 Å². The van der Waals surface area contributed by atoms with Crippen LogP contribution >= 0.6 is 0 Å². The maximum Gasteiger partial charge on any atom is 0.0795 e. The summed E-state index contributed by atoms with van der Waals surface area (Å²) in [4.78, 5) is 0. The highest BCUT2D eigenvalue weighted by molar-refractivity contribution is 6.25. The minimum absolute atomic E-state index is 1.26. The number of rotatable bonds is 0. The van der Waals surface area contributed by atoms with Crippen molar-refractivity contribution in [3.63, 3.8) is 0 Å². The smallest absolute Gasteiger partial charge is 0.0795 e. The molecule has 0 N–H and O–H groups in total. The Labute approximate surface area is 155 Å². The number of aryl methyl sites for hydroxylation is 1. The summed E-state index contributed by atoms with van der Waals surface area (Å²) < 4.78 is 4.85. The van der Waals surface area contributed by atoms with E-state index < -0.39 is 0 Å². The van der Waals surface area contributed by atoms with Gasteiger partial charge in [0.25, 0.3) is 0 Å². The number of fused-ring (bicyclic) bond motifs is 8. The van der Waals surface area contributed by atoms with Crippen LogP contribution in [0.3, 0.4) is 0 Å². The summed E-state index contributed by atoms with van der Waals surface area (Å²) >= 11 is 0. The lowest BCUT2D eigenvalue weighted by atomic mass is 10.0. The van der Waals surface area contributed by atoms with Crippen LogP contribution in [0.2, 0.25) is 0 Å². The highest BCUT2D eigenvalue weighted by Gasteiger charge is 2.20. The first-order valence-electron chi connectivity index (χ1n) is 9.40. The molecule has 27 heavy (non-hydrogen) atoms. The summed E-state index contributed by atoms with van der Waals surface area (Å²) in [5.74, 6) is 0. The van der Waals surface area contributed by atoms with Crippen LogP contribution in [0.25, 0.3) is 54.4 Å². The van der Waals surface area contributed by atoms with E-state index in [9.17, 15) is 0 Å². The predicted octanol–water partition coefficient (Wildman–Crippen LogP) is 6.55. The van der Waals surface area contributed by atoms with Crippen molar-refractivity contribution in [2.75, 3.05) is 0 Å². The summed E-state index contributed by atoms with van der Waals surface area (Å²) in [6.07, 6.45) is 0. The number of para-hydroxylation sites is 3. The number of nitrogens with zero attached hydrogens (tertiary/aromatic N) is 2. The number of benzene rings is 4. The predicted molar refractivity (Wildman–Crippen MR) is 114 cm³/mol. The quantitative estimate of drug-likeness (QED) is 0.276. The van der Waals surface area contributed by atoms with Crippen molar-refractivity contribution in [2.45, 2.75) is 6.92 Å². The molecule has 7 rings (SSSR count). The third-order valence-corrected chi connectivity index (χ3v) is 6.05. The summed E-state index contributed by atoms with van der Waals surface area (Å²) in [7, 11) is 0. The first kappa shape index (κ1) is 13.7. The molecule has 126 valence electrons. The fraction of sp³-hybridized carbons (Fsp3) is 0.0400. The topological polar surface area (TPSA) is 8.82 Å². The molecule has 0 fully saturated rings. The molecule has 2 heteroatoms. The fourth-order valence-electron chi connectivity index (χ4n) is 5.05. The molecule has 0 unspecified atom stereocenters. The van der Waals surface area contributed by atoms with Gasteiger partial charge in [0.2, 0.25) is 0 Å². The second-order valence-electron chi connectivity index (χ2n) is 7.57. The molecule has 0 saturated carbocycles. The van der Waals surface area contributed by atoms with Crippen LogP contribution in [0, 0.1) is 6.92 Å². The summed E-state index contributed by atoms with van der Waals surface area (Å²) in [5, 5.41) is 7.94. The van der Waals surface area contributed by atoms with Crippen molar-refractivity contribution in [2.24, 2.45) is 0 Å². The molecule has 0 saturated heterocycles. The normalized spacial score (nSPS) is 12.6. The van der Waals surface area contributed by atoms with E-state index >= 15 is 0 Å². The molecule has 0 aliphatic heterocycles. The van der Waals surface area contributed by atoms with Crippen molar-refractivity contribution < 1.29 is 0 Å². The number of hydrogen-bond donors (Lipinski definition) is 0. The molecule has 0 spiro atoms. The van der Waals surface area contributed by atoms with E-state index in [4.69, 9.17) is 0 Å². The Kier molecular flexibility index (Phi) is 2.23. The number of aromatic nitrogens is 2. The number of hydrogen-bond acceptors (Lipinski definition) is 0. The van der Waals surface area contributed by atoms with Crippen LogP contribution < -0.4 is 0 Å². The molecule has 4 aromatic carbocycles. The van der Waals surface area contributed by atoms with Gasteiger partial charge in [-0.15, -0.1) is 0 Å². The summed E-state index contributed by atoms with van der Waals surface area (Å²) in [6, 6.07) is 28.9. The molecule has 0 aliphatic carbocycles. The zero-order chi connectivity index (χ0) is 17.7. The summed E-state index contributed by atoms with van der Waals surface area (Å²) in [5.41, 5.74) is 6.44. The Morgan fingerprint density at radius 2 is 0.926 bits per heavy atom. The highest BCUT2D eigenvalue weighted by atomic mass is 15.3. The molecule has 0 aliphatic rings. The van der Waals surface area contributed by atoms with Gasteiger partial charge in [0.05, 0.1) is 22.1 Å². The lowest BCUT2D eigenvalue weighted by Gasteiger charge is -2.12. The van der Waals surface area contributed by atoms with Gasteiger partial charge in [-0.2, -0.15) is 0 Å². The van der Waals surface area contributed by atoms with Crippen LogP contribution in [0.15, 0.2) is 78.9 Å². The maximum absolute atomic E-state index is 2.43. The Balaban J connectivity index is 2.03. The molecule has 3 heterocycles.